The number of amides is 1. The number of pyridine rings is 1. The number of ether oxygens (including phenoxy) is 1. The molecule has 1 amide bonds. The first kappa shape index (κ1) is 20.5. The van der Waals surface area contributed by atoms with Gasteiger partial charge in [0.2, 0.25) is 5.91 Å². The van der Waals surface area contributed by atoms with Crippen LogP contribution in [0, 0.1) is 5.82 Å². The number of carbonyl (C=O) groups excluding carboxylic acids is 1. The molecular formula is C24H22ClFN2O2. The summed E-state index contributed by atoms with van der Waals surface area (Å²) in [5.74, 6) is -0.303. The van der Waals surface area contributed by atoms with Gasteiger partial charge in [-0.3, -0.25) is 9.78 Å². The maximum Gasteiger partial charge on any atom is 0.227 e. The van der Waals surface area contributed by atoms with Crippen molar-refractivity contribution in [2.45, 2.75) is 18.9 Å². The Bertz CT molecular complexity index is 1030. The Morgan fingerprint density at radius 2 is 1.90 bits per heavy atom. The molecule has 154 valence electrons. The first-order valence-electron chi connectivity index (χ1n) is 9.91. The topological polar surface area (TPSA) is 42.4 Å². The molecule has 2 aromatic carbocycles. The minimum Gasteiger partial charge on any atom is -0.368 e. The van der Waals surface area contributed by atoms with Gasteiger partial charge >= 0.3 is 0 Å². The molecule has 2 heterocycles. The van der Waals surface area contributed by atoms with E-state index < -0.39 is 0 Å². The Kier molecular flexibility index (Phi) is 6.41. The summed E-state index contributed by atoms with van der Waals surface area (Å²) in [6.45, 7) is 1.44. The maximum atomic E-state index is 13.1. The summed E-state index contributed by atoms with van der Waals surface area (Å²) in [6.07, 6.45) is 0.600. The summed E-state index contributed by atoms with van der Waals surface area (Å²) in [7, 11) is 0. The number of carbonyl (C=O) groups is 1. The van der Waals surface area contributed by atoms with Gasteiger partial charge in [-0.15, -0.1) is 0 Å². The summed E-state index contributed by atoms with van der Waals surface area (Å²) >= 11 is 6.27. The van der Waals surface area contributed by atoms with E-state index in [1.54, 1.807) is 17.0 Å². The van der Waals surface area contributed by atoms with E-state index in [2.05, 4.69) is 0 Å². The van der Waals surface area contributed by atoms with E-state index in [9.17, 15) is 9.18 Å². The molecule has 0 spiro atoms. The van der Waals surface area contributed by atoms with Crippen molar-refractivity contribution in [3.8, 4) is 0 Å². The van der Waals surface area contributed by atoms with E-state index in [1.807, 2.05) is 42.5 Å². The monoisotopic (exact) mass is 424 g/mol. The van der Waals surface area contributed by atoms with Crippen LogP contribution in [0.2, 0.25) is 5.02 Å². The Labute approximate surface area is 180 Å². The van der Waals surface area contributed by atoms with Gasteiger partial charge in [-0.1, -0.05) is 48.0 Å². The van der Waals surface area contributed by atoms with Crippen molar-refractivity contribution in [3.05, 3.63) is 100 Å². The predicted molar refractivity (Wildman–Crippen MR) is 114 cm³/mol. The third kappa shape index (κ3) is 5.04. The van der Waals surface area contributed by atoms with Crippen LogP contribution in [0.3, 0.4) is 0 Å². The number of hydrogen-bond acceptors (Lipinski definition) is 3. The molecule has 1 saturated heterocycles. The quantitative estimate of drug-likeness (QED) is 0.600. The van der Waals surface area contributed by atoms with Crippen LogP contribution in [-0.4, -0.2) is 35.5 Å². The third-order valence-electron chi connectivity index (χ3n) is 5.18. The van der Waals surface area contributed by atoms with Crippen molar-refractivity contribution in [2.75, 3.05) is 19.7 Å². The van der Waals surface area contributed by atoms with E-state index in [4.69, 9.17) is 21.3 Å². The predicted octanol–water partition coefficient (Wildman–Crippen LogP) is 4.61. The van der Waals surface area contributed by atoms with Crippen LogP contribution >= 0.6 is 11.6 Å². The van der Waals surface area contributed by atoms with Gasteiger partial charge in [0.25, 0.3) is 0 Å². The van der Waals surface area contributed by atoms with E-state index in [0.717, 1.165) is 27.5 Å². The first-order chi connectivity index (χ1) is 14.6. The molecule has 30 heavy (non-hydrogen) atoms. The lowest BCUT2D eigenvalue weighted by molar-refractivity contribution is -0.138. The zero-order chi connectivity index (χ0) is 20.9. The van der Waals surface area contributed by atoms with E-state index in [-0.39, 0.29) is 24.2 Å². The van der Waals surface area contributed by atoms with Gasteiger partial charge < -0.3 is 9.64 Å². The molecule has 3 aromatic rings. The van der Waals surface area contributed by atoms with Crippen LogP contribution in [0.15, 0.2) is 66.7 Å². The molecule has 0 radical (unpaired) electrons. The van der Waals surface area contributed by atoms with Crippen molar-refractivity contribution in [3.63, 3.8) is 0 Å². The van der Waals surface area contributed by atoms with Gasteiger partial charge in [-0.05, 0) is 41.5 Å². The van der Waals surface area contributed by atoms with Gasteiger partial charge in [0.15, 0.2) is 0 Å². The Balaban J connectivity index is 1.43. The highest BCUT2D eigenvalue weighted by atomic mass is 35.5. The fraction of sp³-hybridized carbons (Fsp3) is 0.250. The molecule has 0 bridgehead atoms. The fourth-order valence-electron chi connectivity index (χ4n) is 3.56. The summed E-state index contributed by atoms with van der Waals surface area (Å²) in [6, 6.07) is 19.6. The van der Waals surface area contributed by atoms with E-state index in [1.165, 1.54) is 12.1 Å². The van der Waals surface area contributed by atoms with Crippen LogP contribution in [0.1, 0.15) is 28.6 Å². The number of morpholine rings is 1. The number of rotatable bonds is 5. The molecule has 1 atom stereocenters. The zero-order valence-electron chi connectivity index (χ0n) is 16.4. The molecule has 4 nitrogen and oxygen atoms in total. The highest BCUT2D eigenvalue weighted by molar-refractivity contribution is 6.31. The second-order valence-electron chi connectivity index (χ2n) is 7.32. The molecule has 1 aliphatic rings. The van der Waals surface area contributed by atoms with Crippen molar-refractivity contribution in [2.24, 2.45) is 0 Å². The minimum atomic E-state index is -0.305. The number of halogens is 2. The highest BCUT2D eigenvalue weighted by Crippen LogP contribution is 2.23. The van der Waals surface area contributed by atoms with Gasteiger partial charge in [0.05, 0.1) is 25.3 Å². The van der Waals surface area contributed by atoms with Crippen LogP contribution in [0.25, 0.3) is 0 Å². The van der Waals surface area contributed by atoms with Gasteiger partial charge in [-0.2, -0.15) is 0 Å². The molecule has 1 aromatic heterocycles. The molecule has 0 saturated carbocycles. The number of nitrogens with zero attached hydrogens (tertiary/aromatic N) is 2. The largest absolute Gasteiger partial charge is 0.368 e. The first-order valence-corrected chi connectivity index (χ1v) is 10.3. The highest BCUT2D eigenvalue weighted by Gasteiger charge is 2.26. The average Bonchev–Trinajstić information content (AvgIpc) is 2.77. The third-order valence-corrected chi connectivity index (χ3v) is 5.54. The molecule has 0 unspecified atom stereocenters. The number of hydrogen-bond donors (Lipinski definition) is 0. The summed E-state index contributed by atoms with van der Waals surface area (Å²) in [5, 5.41) is 0.719. The average molecular weight is 425 g/mol. The standard InChI is InChI=1S/C24H22ClFN2O2/c25-21-6-2-1-4-18(21)15-20-5-3-7-22(27-20)23-16-28(12-13-30-23)24(29)14-17-8-10-19(26)11-9-17/h1-11,23H,12-16H2/t23-/m1/s1. The Morgan fingerprint density at radius 1 is 1.10 bits per heavy atom. The Morgan fingerprint density at radius 3 is 2.70 bits per heavy atom. The van der Waals surface area contributed by atoms with Gasteiger partial charge in [0.1, 0.15) is 11.9 Å². The van der Waals surface area contributed by atoms with E-state index >= 15 is 0 Å². The molecule has 0 aliphatic carbocycles. The van der Waals surface area contributed by atoms with Crippen LogP contribution < -0.4 is 0 Å². The lowest BCUT2D eigenvalue weighted by Crippen LogP contribution is -2.43. The molecule has 1 aliphatic heterocycles. The van der Waals surface area contributed by atoms with Crippen LogP contribution in [0.4, 0.5) is 4.39 Å². The van der Waals surface area contributed by atoms with Crippen molar-refractivity contribution in [1.29, 1.82) is 0 Å². The molecule has 0 N–H and O–H groups in total. The zero-order valence-corrected chi connectivity index (χ0v) is 17.2. The molecule has 1 fully saturated rings. The summed E-state index contributed by atoms with van der Waals surface area (Å²) in [5.41, 5.74) is 3.52. The van der Waals surface area contributed by atoms with Crippen LogP contribution in [-0.2, 0) is 22.4 Å². The molecule has 6 heteroatoms. The van der Waals surface area contributed by atoms with E-state index in [0.29, 0.717) is 26.1 Å². The summed E-state index contributed by atoms with van der Waals surface area (Å²) in [4.78, 5) is 19.3. The second kappa shape index (κ2) is 9.37. The van der Waals surface area contributed by atoms with Crippen molar-refractivity contribution in [1.82, 2.24) is 9.88 Å². The SMILES string of the molecule is O=C(Cc1ccc(F)cc1)N1CCO[C@@H](c2cccc(Cc3ccccc3Cl)n2)C1. The van der Waals surface area contributed by atoms with Gasteiger partial charge in [0, 0.05) is 23.7 Å². The number of benzene rings is 2. The molecular weight excluding hydrogens is 403 g/mol. The maximum absolute atomic E-state index is 13.1. The molecule has 4 rings (SSSR count). The minimum absolute atomic E-state index is 0.00197. The lowest BCUT2D eigenvalue weighted by Gasteiger charge is -2.33. The van der Waals surface area contributed by atoms with Crippen molar-refractivity contribution < 1.29 is 13.9 Å². The van der Waals surface area contributed by atoms with Gasteiger partial charge in [-0.25, -0.2) is 4.39 Å². The second-order valence-corrected chi connectivity index (χ2v) is 7.73. The summed E-state index contributed by atoms with van der Waals surface area (Å²) < 4.78 is 19.0. The van der Waals surface area contributed by atoms with Crippen LogP contribution in [0.5, 0.6) is 0 Å². The smallest absolute Gasteiger partial charge is 0.227 e. The normalized spacial score (nSPS) is 16.5. The van der Waals surface area contributed by atoms with Crippen molar-refractivity contribution >= 4 is 17.5 Å². The number of aromatic nitrogens is 1. The fourth-order valence-corrected chi connectivity index (χ4v) is 3.76. The lowest BCUT2D eigenvalue weighted by atomic mass is 10.1. The Hall–Kier alpha value is -2.76.